The fourth-order valence-electron chi connectivity index (χ4n) is 2.30. The Bertz CT molecular complexity index is 882. The van der Waals surface area contributed by atoms with E-state index in [-0.39, 0.29) is 13.1 Å². The lowest BCUT2D eigenvalue weighted by atomic mass is 10.1. The van der Waals surface area contributed by atoms with Crippen LogP contribution in [0.15, 0.2) is 42.5 Å². The van der Waals surface area contributed by atoms with Crippen molar-refractivity contribution in [2.45, 2.75) is 20.4 Å². The highest BCUT2D eigenvalue weighted by molar-refractivity contribution is 7.92. The van der Waals surface area contributed by atoms with Crippen LogP contribution in [-0.4, -0.2) is 27.1 Å². The van der Waals surface area contributed by atoms with Crippen molar-refractivity contribution in [2.75, 3.05) is 17.1 Å². The van der Waals surface area contributed by atoms with E-state index >= 15 is 0 Å². The maximum atomic E-state index is 13.6. The third-order valence-corrected chi connectivity index (χ3v) is 5.04. The first kappa shape index (κ1) is 18.9. The molecule has 1 N–H and O–H groups in total. The lowest BCUT2D eigenvalue weighted by molar-refractivity contribution is -0.119. The fraction of sp³-hybridized carbons (Fsp3) is 0.278. The minimum Gasteiger partial charge on any atom is -0.350 e. The molecule has 0 bridgehead atoms. The number of halogens is 1. The summed E-state index contributed by atoms with van der Waals surface area (Å²) in [5.74, 6) is -0.927. The summed E-state index contributed by atoms with van der Waals surface area (Å²) < 4.78 is 38.8. The molecule has 2 aromatic carbocycles. The minimum atomic E-state index is -3.64. The number of hydrogen-bond donors (Lipinski definition) is 1. The van der Waals surface area contributed by atoms with Gasteiger partial charge in [0.15, 0.2) is 0 Å². The second-order valence-electron chi connectivity index (χ2n) is 5.91. The average molecular weight is 364 g/mol. The van der Waals surface area contributed by atoms with Crippen molar-refractivity contribution in [3.8, 4) is 0 Å². The van der Waals surface area contributed by atoms with E-state index in [1.165, 1.54) is 6.07 Å². The molecule has 0 aliphatic heterocycles. The Hall–Kier alpha value is -2.41. The summed E-state index contributed by atoms with van der Waals surface area (Å²) in [5.41, 5.74) is 2.72. The van der Waals surface area contributed by atoms with Gasteiger partial charge < -0.3 is 5.32 Å². The maximum Gasteiger partial charge on any atom is 0.241 e. The van der Waals surface area contributed by atoms with E-state index in [1.807, 2.05) is 13.8 Å². The monoisotopic (exact) mass is 364 g/mol. The number of carbonyl (C=O) groups is 1. The standard InChI is InChI=1S/C18H21FN2O3S/c1-13-8-9-16(10-14(13)2)21(25(3,23)24)12-18(22)20-11-15-6-4-5-7-17(15)19/h4-10H,11-12H2,1-3H3,(H,20,22). The van der Waals surface area contributed by atoms with E-state index < -0.39 is 21.7 Å². The molecule has 0 radical (unpaired) electrons. The molecule has 2 rings (SSSR count). The minimum absolute atomic E-state index is 0.00393. The molecule has 0 atom stereocenters. The molecule has 0 saturated carbocycles. The third-order valence-electron chi connectivity index (χ3n) is 3.90. The second kappa shape index (κ2) is 7.65. The predicted octanol–water partition coefficient (Wildman–Crippen LogP) is 2.52. The number of aryl methyl sites for hydroxylation is 2. The molecule has 0 aromatic heterocycles. The first-order valence-corrected chi connectivity index (χ1v) is 9.58. The number of amides is 1. The molecule has 7 heteroatoms. The van der Waals surface area contributed by atoms with Gasteiger partial charge in [0.25, 0.3) is 0 Å². The Labute approximate surface area is 147 Å². The summed E-state index contributed by atoms with van der Waals surface area (Å²) in [6.07, 6.45) is 1.05. The number of nitrogens with zero attached hydrogens (tertiary/aromatic N) is 1. The summed E-state index contributed by atoms with van der Waals surface area (Å²) in [5, 5.41) is 2.55. The first-order chi connectivity index (χ1) is 11.7. The molecule has 0 fully saturated rings. The quantitative estimate of drug-likeness (QED) is 0.857. The van der Waals surface area contributed by atoms with Crippen LogP contribution in [0, 0.1) is 19.7 Å². The molecule has 134 valence electrons. The zero-order chi connectivity index (χ0) is 18.6. The molecular weight excluding hydrogens is 343 g/mol. The Kier molecular flexibility index (Phi) is 5.79. The van der Waals surface area contributed by atoms with Crippen molar-refractivity contribution < 1.29 is 17.6 Å². The van der Waals surface area contributed by atoms with Crippen LogP contribution in [-0.2, 0) is 21.4 Å². The first-order valence-electron chi connectivity index (χ1n) is 7.73. The Morgan fingerprint density at radius 2 is 1.80 bits per heavy atom. The van der Waals surface area contributed by atoms with Crippen LogP contribution in [0.3, 0.4) is 0 Å². The van der Waals surface area contributed by atoms with E-state index in [2.05, 4.69) is 5.32 Å². The SMILES string of the molecule is Cc1ccc(N(CC(=O)NCc2ccccc2F)S(C)(=O)=O)cc1C. The van der Waals surface area contributed by atoms with Gasteiger partial charge in [-0.2, -0.15) is 0 Å². The molecule has 2 aromatic rings. The Morgan fingerprint density at radius 1 is 1.12 bits per heavy atom. The average Bonchev–Trinajstić information content (AvgIpc) is 2.53. The van der Waals surface area contributed by atoms with Crippen LogP contribution in [0.5, 0.6) is 0 Å². The summed E-state index contributed by atoms with van der Waals surface area (Å²) in [6.45, 7) is 3.42. The van der Waals surface area contributed by atoms with Crippen LogP contribution >= 0.6 is 0 Å². The zero-order valence-corrected chi connectivity index (χ0v) is 15.2. The summed E-state index contributed by atoms with van der Waals surface area (Å²) in [7, 11) is -3.64. The van der Waals surface area contributed by atoms with E-state index in [9.17, 15) is 17.6 Å². The highest BCUT2D eigenvalue weighted by Gasteiger charge is 2.21. The van der Waals surface area contributed by atoms with Gasteiger partial charge in [-0.3, -0.25) is 9.10 Å². The van der Waals surface area contributed by atoms with Gasteiger partial charge in [-0.15, -0.1) is 0 Å². The van der Waals surface area contributed by atoms with Gasteiger partial charge >= 0.3 is 0 Å². The number of rotatable bonds is 6. The van der Waals surface area contributed by atoms with Gasteiger partial charge in [0.2, 0.25) is 15.9 Å². The van der Waals surface area contributed by atoms with Crippen molar-refractivity contribution in [3.63, 3.8) is 0 Å². The molecule has 0 aliphatic carbocycles. The molecule has 5 nitrogen and oxygen atoms in total. The van der Waals surface area contributed by atoms with Crippen molar-refractivity contribution in [1.82, 2.24) is 5.32 Å². The smallest absolute Gasteiger partial charge is 0.241 e. The number of sulfonamides is 1. The van der Waals surface area contributed by atoms with Gasteiger partial charge in [0.05, 0.1) is 11.9 Å². The number of benzene rings is 2. The molecule has 25 heavy (non-hydrogen) atoms. The molecule has 0 heterocycles. The highest BCUT2D eigenvalue weighted by atomic mass is 32.2. The van der Waals surface area contributed by atoms with Gasteiger partial charge in [0, 0.05) is 12.1 Å². The van der Waals surface area contributed by atoms with Crippen molar-refractivity contribution in [2.24, 2.45) is 0 Å². The highest BCUT2D eigenvalue weighted by Crippen LogP contribution is 2.21. The van der Waals surface area contributed by atoms with Gasteiger partial charge in [-0.1, -0.05) is 24.3 Å². The van der Waals surface area contributed by atoms with E-state index in [4.69, 9.17) is 0 Å². The molecule has 0 spiro atoms. The second-order valence-corrected chi connectivity index (χ2v) is 7.81. The molecule has 0 unspecified atom stereocenters. The topological polar surface area (TPSA) is 66.5 Å². The van der Waals surface area contributed by atoms with E-state index in [1.54, 1.807) is 36.4 Å². The number of anilines is 1. The molecule has 0 aliphatic rings. The third kappa shape index (κ3) is 5.03. The van der Waals surface area contributed by atoms with Crippen LogP contribution in [0.4, 0.5) is 10.1 Å². The lowest BCUT2D eigenvalue weighted by Gasteiger charge is -2.22. The summed E-state index contributed by atoms with van der Waals surface area (Å²) >= 11 is 0. The van der Waals surface area contributed by atoms with Crippen molar-refractivity contribution in [1.29, 1.82) is 0 Å². The van der Waals surface area contributed by atoms with Crippen molar-refractivity contribution >= 4 is 21.6 Å². The lowest BCUT2D eigenvalue weighted by Crippen LogP contribution is -2.40. The van der Waals surface area contributed by atoms with E-state index in [0.29, 0.717) is 11.3 Å². The van der Waals surface area contributed by atoms with Gasteiger partial charge in [-0.05, 0) is 43.2 Å². The molecular formula is C18H21FN2O3S. The Balaban J connectivity index is 2.13. The van der Waals surface area contributed by atoms with Crippen LogP contribution in [0.2, 0.25) is 0 Å². The maximum absolute atomic E-state index is 13.6. The predicted molar refractivity (Wildman–Crippen MR) is 96.4 cm³/mol. The van der Waals surface area contributed by atoms with Crippen LogP contribution in [0.25, 0.3) is 0 Å². The summed E-state index contributed by atoms with van der Waals surface area (Å²) in [4.78, 5) is 12.2. The zero-order valence-electron chi connectivity index (χ0n) is 14.4. The molecule has 1 amide bonds. The number of carbonyl (C=O) groups excluding carboxylic acids is 1. The number of hydrogen-bond acceptors (Lipinski definition) is 3. The number of nitrogens with one attached hydrogen (secondary N) is 1. The normalized spacial score (nSPS) is 11.2. The van der Waals surface area contributed by atoms with Crippen molar-refractivity contribution in [3.05, 3.63) is 65.0 Å². The van der Waals surface area contributed by atoms with Gasteiger partial charge in [-0.25, -0.2) is 12.8 Å². The fourth-order valence-corrected chi connectivity index (χ4v) is 3.15. The largest absolute Gasteiger partial charge is 0.350 e. The van der Waals surface area contributed by atoms with E-state index in [0.717, 1.165) is 21.7 Å². The van der Waals surface area contributed by atoms with Crippen LogP contribution < -0.4 is 9.62 Å². The molecule has 0 saturated heterocycles. The Morgan fingerprint density at radius 3 is 2.40 bits per heavy atom. The summed E-state index contributed by atoms with van der Waals surface area (Å²) in [6, 6.07) is 11.3. The van der Waals surface area contributed by atoms with Gasteiger partial charge in [0.1, 0.15) is 12.4 Å². The van der Waals surface area contributed by atoms with Crippen LogP contribution in [0.1, 0.15) is 16.7 Å².